The predicted octanol–water partition coefficient (Wildman–Crippen LogP) is 2.67. The normalized spacial score (nSPS) is 12.6. The largest absolute Gasteiger partial charge is 0.352 e. The predicted molar refractivity (Wildman–Crippen MR) is 126 cm³/mol. The lowest BCUT2D eigenvalue weighted by molar-refractivity contribution is -0.122. The third-order valence-electron chi connectivity index (χ3n) is 5.35. The molecule has 168 valence electrons. The van der Waals surface area contributed by atoms with Gasteiger partial charge < -0.3 is 5.32 Å². The summed E-state index contributed by atoms with van der Waals surface area (Å²) in [4.78, 5) is 38.7. The fourth-order valence-corrected chi connectivity index (χ4v) is 4.65. The number of nitrogens with zero attached hydrogens (tertiary/aromatic N) is 4. The smallest absolute Gasteiger partial charge is 0.352 e. The molecular weight excluding hydrogens is 426 g/mol. The molecule has 4 rings (SSSR count). The Balaban J connectivity index is 1.57. The molecule has 0 fully saturated rings. The van der Waals surface area contributed by atoms with E-state index in [-0.39, 0.29) is 35.7 Å². The Hall–Kier alpha value is -3.20. The first-order valence-corrected chi connectivity index (χ1v) is 11.7. The van der Waals surface area contributed by atoms with Gasteiger partial charge in [-0.05, 0) is 42.7 Å². The molecular formula is C23H27N5O3S. The van der Waals surface area contributed by atoms with Gasteiger partial charge in [-0.3, -0.25) is 14.2 Å². The van der Waals surface area contributed by atoms with Crippen LogP contribution in [0.1, 0.15) is 32.8 Å². The van der Waals surface area contributed by atoms with Crippen LogP contribution in [0.2, 0.25) is 0 Å². The minimum Gasteiger partial charge on any atom is -0.352 e. The van der Waals surface area contributed by atoms with Crippen LogP contribution in [0.15, 0.2) is 51.4 Å². The van der Waals surface area contributed by atoms with Crippen LogP contribution in [0.5, 0.6) is 0 Å². The molecule has 0 aliphatic heterocycles. The van der Waals surface area contributed by atoms with Gasteiger partial charge in [0.2, 0.25) is 11.7 Å². The van der Waals surface area contributed by atoms with Crippen LogP contribution >= 0.6 is 11.3 Å². The van der Waals surface area contributed by atoms with Gasteiger partial charge in [-0.1, -0.05) is 44.2 Å². The van der Waals surface area contributed by atoms with Crippen molar-refractivity contribution in [1.29, 1.82) is 0 Å². The van der Waals surface area contributed by atoms with Gasteiger partial charge >= 0.3 is 5.69 Å². The number of aromatic nitrogens is 4. The summed E-state index contributed by atoms with van der Waals surface area (Å²) in [6.45, 7) is 6.19. The van der Waals surface area contributed by atoms with E-state index in [0.29, 0.717) is 16.8 Å². The molecule has 0 saturated heterocycles. The van der Waals surface area contributed by atoms with Crippen molar-refractivity contribution < 1.29 is 4.79 Å². The van der Waals surface area contributed by atoms with Gasteiger partial charge in [0.05, 0.1) is 5.52 Å². The lowest BCUT2D eigenvalue weighted by Gasteiger charge is -2.13. The number of carbonyl (C=O) groups is 1. The summed E-state index contributed by atoms with van der Waals surface area (Å²) >= 11 is 1.30. The standard InChI is InChI=1S/C23H27N5O3S/c1-15(2)13-26-21(30)20-18(11-12-32-20)28-22(26)25-27(23(28)31)14-19(29)24-16(3)9-10-17-7-5-4-6-8-17/h4-8,11-12,15-16H,9-10,13-14H2,1-3H3,(H,24,29)/t16-/m1/s1. The number of hydrogen-bond acceptors (Lipinski definition) is 5. The van der Waals surface area contributed by atoms with Crippen molar-refractivity contribution in [3.8, 4) is 0 Å². The minimum absolute atomic E-state index is 0.0434. The summed E-state index contributed by atoms with van der Waals surface area (Å²) in [5, 5.41) is 9.10. The third-order valence-corrected chi connectivity index (χ3v) is 6.24. The molecule has 3 heterocycles. The van der Waals surface area contributed by atoms with Crippen molar-refractivity contribution in [2.24, 2.45) is 5.92 Å². The third kappa shape index (κ3) is 4.38. The molecule has 0 spiro atoms. The quantitative estimate of drug-likeness (QED) is 0.444. The number of aryl methyl sites for hydroxylation is 1. The molecule has 1 N–H and O–H groups in total. The van der Waals surface area contributed by atoms with E-state index >= 15 is 0 Å². The maximum atomic E-state index is 13.1. The first-order chi connectivity index (χ1) is 15.3. The highest BCUT2D eigenvalue weighted by atomic mass is 32.1. The molecule has 0 bridgehead atoms. The molecule has 0 unspecified atom stereocenters. The van der Waals surface area contributed by atoms with E-state index in [1.165, 1.54) is 25.9 Å². The highest BCUT2D eigenvalue weighted by Crippen LogP contribution is 2.17. The summed E-state index contributed by atoms with van der Waals surface area (Å²) < 4.78 is 4.62. The molecule has 32 heavy (non-hydrogen) atoms. The number of benzene rings is 1. The van der Waals surface area contributed by atoms with Crippen molar-refractivity contribution >= 4 is 33.2 Å². The minimum atomic E-state index is -0.423. The van der Waals surface area contributed by atoms with Gasteiger partial charge in [0.15, 0.2) is 0 Å². The van der Waals surface area contributed by atoms with Crippen LogP contribution in [-0.4, -0.2) is 30.7 Å². The Morgan fingerprint density at radius 2 is 1.88 bits per heavy atom. The molecule has 1 atom stereocenters. The van der Waals surface area contributed by atoms with Gasteiger partial charge in [-0.25, -0.2) is 13.9 Å². The fraction of sp³-hybridized carbons (Fsp3) is 0.391. The van der Waals surface area contributed by atoms with Crippen molar-refractivity contribution in [3.05, 3.63) is 68.2 Å². The van der Waals surface area contributed by atoms with Gasteiger partial charge in [0, 0.05) is 12.6 Å². The van der Waals surface area contributed by atoms with Crippen molar-refractivity contribution in [2.75, 3.05) is 0 Å². The van der Waals surface area contributed by atoms with E-state index in [2.05, 4.69) is 22.5 Å². The van der Waals surface area contributed by atoms with Gasteiger partial charge in [-0.15, -0.1) is 16.4 Å². The van der Waals surface area contributed by atoms with E-state index in [1.54, 1.807) is 11.4 Å². The van der Waals surface area contributed by atoms with Crippen LogP contribution in [0, 0.1) is 5.92 Å². The van der Waals surface area contributed by atoms with E-state index in [9.17, 15) is 14.4 Å². The van der Waals surface area contributed by atoms with Gasteiger partial charge in [0.1, 0.15) is 11.2 Å². The Kier molecular flexibility index (Phi) is 6.27. The molecule has 0 saturated carbocycles. The number of amides is 1. The van der Waals surface area contributed by atoms with Crippen LogP contribution in [0.3, 0.4) is 0 Å². The molecule has 1 aromatic carbocycles. The Labute approximate surface area is 189 Å². The average Bonchev–Trinajstić information content (AvgIpc) is 3.35. The lowest BCUT2D eigenvalue weighted by atomic mass is 10.1. The highest BCUT2D eigenvalue weighted by Gasteiger charge is 2.20. The molecule has 0 aliphatic rings. The van der Waals surface area contributed by atoms with E-state index < -0.39 is 5.69 Å². The van der Waals surface area contributed by atoms with E-state index in [1.807, 2.05) is 39.0 Å². The number of thiophene rings is 1. The monoisotopic (exact) mass is 453 g/mol. The molecule has 3 aromatic heterocycles. The summed E-state index contributed by atoms with van der Waals surface area (Å²) in [5.74, 6) is 0.183. The van der Waals surface area contributed by atoms with Crippen LogP contribution in [-0.2, 0) is 24.3 Å². The molecule has 9 heteroatoms. The Morgan fingerprint density at radius 3 is 2.59 bits per heavy atom. The topological polar surface area (TPSA) is 90.4 Å². The number of rotatable bonds is 8. The van der Waals surface area contributed by atoms with Crippen molar-refractivity contribution in [1.82, 2.24) is 24.1 Å². The Bertz CT molecular complexity index is 1360. The summed E-state index contributed by atoms with van der Waals surface area (Å²) in [7, 11) is 0. The molecule has 1 amide bonds. The Morgan fingerprint density at radius 1 is 1.12 bits per heavy atom. The second-order valence-corrected chi connectivity index (χ2v) is 9.43. The molecule has 8 nitrogen and oxygen atoms in total. The molecule has 0 radical (unpaired) electrons. The first-order valence-electron chi connectivity index (χ1n) is 10.8. The zero-order chi connectivity index (χ0) is 22.8. The fourth-order valence-electron chi connectivity index (χ4n) is 3.82. The zero-order valence-electron chi connectivity index (χ0n) is 18.4. The number of fused-ring (bicyclic) bond motifs is 3. The summed E-state index contributed by atoms with van der Waals surface area (Å²) in [5.41, 5.74) is 1.16. The molecule has 0 aliphatic carbocycles. The molecule has 4 aromatic rings. The van der Waals surface area contributed by atoms with E-state index in [0.717, 1.165) is 17.5 Å². The average molecular weight is 454 g/mol. The highest BCUT2D eigenvalue weighted by molar-refractivity contribution is 7.17. The summed E-state index contributed by atoms with van der Waals surface area (Å²) in [6.07, 6.45) is 1.65. The summed E-state index contributed by atoms with van der Waals surface area (Å²) in [6, 6.07) is 11.8. The maximum absolute atomic E-state index is 13.1. The van der Waals surface area contributed by atoms with Crippen LogP contribution < -0.4 is 16.6 Å². The van der Waals surface area contributed by atoms with Crippen LogP contribution in [0.4, 0.5) is 0 Å². The number of hydrogen-bond donors (Lipinski definition) is 1. The second-order valence-electron chi connectivity index (χ2n) is 8.51. The first kappa shape index (κ1) is 22.0. The van der Waals surface area contributed by atoms with Crippen molar-refractivity contribution in [2.45, 2.75) is 52.7 Å². The SMILES string of the molecule is CC(C)Cn1c(=O)c2sccc2n2c(=O)n(CC(=O)N[C@H](C)CCc3ccccc3)nc12. The number of nitrogens with one attached hydrogen (secondary N) is 1. The maximum Gasteiger partial charge on any atom is 0.352 e. The van der Waals surface area contributed by atoms with E-state index in [4.69, 9.17) is 0 Å². The van der Waals surface area contributed by atoms with Crippen LogP contribution in [0.25, 0.3) is 16.0 Å². The van der Waals surface area contributed by atoms with Gasteiger partial charge in [-0.2, -0.15) is 0 Å². The number of carbonyl (C=O) groups excluding carboxylic acids is 1. The van der Waals surface area contributed by atoms with Crippen molar-refractivity contribution in [3.63, 3.8) is 0 Å². The zero-order valence-corrected chi connectivity index (χ0v) is 19.3. The van der Waals surface area contributed by atoms with Gasteiger partial charge in [0.25, 0.3) is 5.56 Å². The lowest BCUT2D eigenvalue weighted by Crippen LogP contribution is -2.38. The second kappa shape index (κ2) is 9.12.